The number of ether oxygens (including phenoxy) is 1. The van der Waals surface area contributed by atoms with Crippen LogP contribution < -0.4 is 10.1 Å². The lowest BCUT2D eigenvalue weighted by Gasteiger charge is -2.05. The molecule has 0 spiro atoms. The Kier molecular flexibility index (Phi) is 6.68. The molecule has 1 amide bonds. The first-order valence-electron chi connectivity index (χ1n) is 8.28. The molecule has 0 unspecified atom stereocenters. The largest absolute Gasteiger partial charge is 0.497 e. The van der Waals surface area contributed by atoms with Crippen molar-refractivity contribution in [3.05, 3.63) is 65.5 Å². The summed E-state index contributed by atoms with van der Waals surface area (Å²) < 4.78 is 6.05. The maximum Gasteiger partial charge on any atom is 0.230 e. The second kappa shape index (κ2) is 9.40. The van der Waals surface area contributed by atoms with Crippen molar-refractivity contribution in [2.45, 2.75) is 10.8 Å². The summed E-state index contributed by atoms with van der Waals surface area (Å²) in [4.78, 5) is 16.6. The van der Waals surface area contributed by atoms with E-state index >= 15 is 0 Å². The van der Waals surface area contributed by atoms with E-state index in [2.05, 4.69) is 10.3 Å². The fourth-order valence-electron chi connectivity index (χ4n) is 2.38. The van der Waals surface area contributed by atoms with Gasteiger partial charge in [-0.15, -0.1) is 11.3 Å². The third-order valence-corrected chi connectivity index (χ3v) is 5.80. The van der Waals surface area contributed by atoms with Crippen LogP contribution in [-0.2, 0) is 11.2 Å². The quantitative estimate of drug-likeness (QED) is 0.589. The molecule has 26 heavy (non-hydrogen) atoms. The molecule has 0 saturated carbocycles. The number of carbonyl (C=O) groups excluding carboxylic acids is 1. The number of nitrogens with one attached hydrogen (secondary N) is 1. The summed E-state index contributed by atoms with van der Waals surface area (Å²) in [5, 5.41) is 4.98. The third kappa shape index (κ3) is 5.34. The van der Waals surface area contributed by atoms with Crippen molar-refractivity contribution >= 4 is 29.0 Å². The van der Waals surface area contributed by atoms with Gasteiger partial charge in [0.15, 0.2) is 4.34 Å². The fraction of sp³-hybridized carbons (Fsp3) is 0.200. The predicted octanol–water partition coefficient (Wildman–Crippen LogP) is 4.27. The molecule has 6 heteroatoms. The summed E-state index contributed by atoms with van der Waals surface area (Å²) in [5.41, 5.74) is 3.23. The van der Waals surface area contributed by atoms with E-state index in [1.165, 1.54) is 17.3 Å². The number of amides is 1. The van der Waals surface area contributed by atoms with Crippen molar-refractivity contribution in [2.24, 2.45) is 0 Å². The van der Waals surface area contributed by atoms with Gasteiger partial charge in [-0.3, -0.25) is 4.79 Å². The second-order valence-corrected chi connectivity index (χ2v) is 7.68. The predicted molar refractivity (Wildman–Crippen MR) is 108 cm³/mol. The zero-order valence-electron chi connectivity index (χ0n) is 14.5. The van der Waals surface area contributed by atoms with Crippen LogP contribution in [0.25, 0.3) is 11.3 Å². The monoisotopic (exact) mass is 384 g/mol. The Balaban J connectivity index is 1.40. The lowest BCUT2D eigenvalue weighted by Crippen LogP contribution is -2.27. The van der Waals surface area contributed by atoms with Gasteiger partial charge in [-0.1, -0.05) is 54.2 Å². The highest BCUT2D eigenvalue weighted by Gasteiger charge is 2.08. The SMILES string of the molecule is COc1ccc(CCNC(=O)CSc2nc(-c3ccccc3)cs2)cc1. The number of nitrogens with zero attached hydrogens (tertiary/aromatic N) is 1. The zero-order valence-corrected chi connectivity index (χ0v) is 16.1. The number of thiazole rings is 1. The summed E-state index contributed by atoms with van der Waals surface area (Å²) in [7, 11) is 1.65. The highest BCUT2D eigenvalue weighted by molar-refractivity contribution is 8.01. The van der Waals surface area contributed by atoms with Gasteiger partial charge < -0.3 is 10.1 Å². The molecule has 1 aromatic heterocycles. The Morgan fingerprint density at radius 2 is 1.92 bits per heavy atom. The molecule has 3 aromatic rings. The number of aromatic nitrogens is 1. The molecule has 2 aromatic carbocycles. The third-order valence-electron chi connectivity index (χ3n) is 3.77. The number of hydrogen-bond donors (Lipinski definition) is 1. The number of carbonyl (C=O) groups is 1. The Morgan fingerprint density at radius 3 is 2.65 bits per heavy atom. The maximum atomic E-state index is 12.0. The van der Waals surface area contributed by atoms with Crippen LogP contribution in [0.2, 0.25) is 0 Å². The van der Waals surface area contributed by atoms with E-state index in [-0.39, 0.29) is 5.91 Å². The van der Waals surface area contributed by atoms with Gasteiger partial charge in [-0.2, -0.15) is 0 Å². The normalized spacial score (nSPS) is 10.5. The first kappa shape index (κ1) is 18.5. The first-order valence-corrected chi connectivity index (χ1v) is 10.1. The molecule has 0 aliphatic carbocycles. The second-order valence-electron chi connectivity index (χ2n) is 5.60. The molecule has 0 saturated heterocycles. The average molecular weight is 385 g/mol. The van der Waals surface area contributed by atoms with Gasteiger partial charge in [0.2, 0.25) is 5.91 Å². The van der Waals surface area contributed by atoms with E-state index in [1.54, 1.807) is 18.4 Å². The van der Waals surface area contributed by atoms with Crippen molar-refractivity contribution < 1.29 is 9.53 Å². The number of methoxy groups -OCH3 is 1. The Bertz CT molecular complexity index is 833. The standard InChI is InChI=1S/C20H20N2O2S2/c1-24-17-9-7-15(8-10-17)11-12-21-19(23)14-26-20-22-18(13-25-20)16-5-3-2-4-6-16/h2-10,13H,11-12,14H2,1H3,(H,21,23). The molecule has 0 aliphatic rings. The Hall–Kier alpha value is -2.31. The first-order chi connectivity index (χ1) is 12.7. The molecule has 4 nitrogen and oxygen atoms in total. The summed E-state index contributed by atoms with van der Waals surface area (Å²) >= 11 is 3.04. The highest BCUT2D eigenvalue weighted by Crippen LogP contribution is 2.27. The number of benzene rings is 2. The maximum absolute atomic E-state index is 12.0. The van der Waals surface area contributed by atoms with Crippen LogP contribution in [0.5, 0.6) is 5.75 Å². The highest BCUT2D eigenvalue weighted by atomic mass is 32.2. The minimum absolute atomic E-state index is 0.0278. The van der Waals surface area contributed by atoms with Crippen molar-refractivity contribution in [3.8, 4) is 17.0 Å². The fourth-order valence-corrected chi connectivity index (χ4v) is 4.05. The molecular formula is C20H20N2O2S2. The summed E-state index contributed by atoms with van der Waals surface area (Å²) in [5.74, 6) is 1.25. The molecule has 1 heterocycles. The summed E-state index contributed by atoms with van der Waals surface area (Å²) in [6.07, 6.45) is 0.801. The molecule has 0 fully saturated rings. The van der Waals surface area contributed by atoms with Crippen LogP contribution in [0.3, 0.4) is 0 Å². The minimum Gasteiger partial charge on any atom is -0.497 e. The molecule has 1 N–H and O–H groups in total. The average Bonchev–Trinajstić information content (AvgIpc) is 3.17. The van der Waals surface area contributed by atoms with Crippen molar-refractivity contribution in [1.82, 2.24) is 10.3 Å². The van der Waals surface area contributed by atoms with Gasteiger partial charge in [0, 0.05) is 17.5 Å². The van der Waals surface area contributed by atoms with Gasteiger partial charge in [-0.05, 0) is 24.1 Å². The van der Waals surface area contributed by atoms with Crippen molar-refractivity contribution in [3.63, 3.8) is 0 Å². The van der Waals surface area contributed by atoms with Crippen LogP contribution in [0, 0.1) is 0 Å². The van der Waals surface area contributed by atoms with Gasteiger partial charge in [0.25, 0.3) is 0 Å². The van der Waals surface area contributed by atoms with Crippen LogP contribution >= 0.6 is 23.1 Å². The number of rotatable bonds is 8. The van der Waals surface area contributed by atoms with E-state index in [4.69, 9.17) is 4.74 Å². The lowest BCUT2D eigenvalue weighted by molar-refractivity contribution is -0.118. The number of hydrogen-bond acceptors (Lipinski definition) is 5. The van der Waals surface area contributed by atoms with Gasteiger partial charge in [-0.25, -0.2) is 4.98 Å². The number of thioether (sulfide) groups is 1. The van der Waals surface area contributed by atoms with Crippen LogP contribution in [0.4, 0.5) is 0 Å². The molecule has 0 atom stereocenters. The van der Waals surface area contributed by atoms with E-state index in [0.29, 0.717) is 12.3 Å². The Labute approximate surface area is 161 Å². The van der Waals surface area contributed by atoms with Gasteiger partial charge in [0.05, 0.1) is 18.6 Å². The molecule has 0 bridgehead atoms. The van der Waals surface area contributed by atoms with E-state index in [1.807, 2.05) is 60.0 Å². The van der Waals surface area contributed by atoms with Gasteiger partial charge in [0.1, 0.15) is 5.75 Å². The van der Waals surface area contributed by atoms with E-state index in [9.17, 15) is 4.79 Å². The smallest absolute Gasteiger partial charge is 0.230 e. The van der Waals surface area contributed by atoms with Crippen LogP contribution in [0.15, 0.2) is 64.3 Å². The molecule has 134 valence electrons. The molecular weight excluding hydrogens is 364 g/mol. The van der Waals surface area contributed by atoms with Crippen LogP contribution in [0.1, 0.15) is 5.56 Å². The van der Waals surface area contributed by atoms with Crippen LogP contribution in [-0.4, -0.2) is 30.3 Å². The summed E-state index contributed by atoms with van der Waals surface area (Å²) in [6, 6.07) is 17.9. The molecule has 3 rings (SSSR count). The summed E-state index contributed by atoms with van der Waals surface area (Å²) in [6.45, 7) is 0.624. The lowest BCUT2D eigenvalue weighted by atomic mass is 10.1. The molecule has 0 aliphatic heterocycles. The topological polar surface area (TPSA) is 51.2 Å². The van der Waals surface area contributed by atoms with Crippen molar-refractivity contribution in [2.75, 3.05) is 19.4 Å². The van der Waals surface area contributed by atoms with Crippen molar-refractivity contribution in [1.29, 1.82) is 0 Å². The van der Waals surface area contributed by atoms with E-state index < -0.39 is 0 Å². The Morgan fingerprint density at radius 1 is 1.15 bits per heavy atom. The van der Waals surface area contributed by atoms with Gasteiger partial charge >= 0.3 is 0 Å². The zero-order chi connectivity index (χ0) is 18.2. The molecule has 0 radical (unpaired) electrons. The van der Waals surface area contributed by atoms with E-state index in [0.717, 1.165) is 27.8 Å². The minimum atomic E-state index is 0.0278.